The zero-order valence-corrected chi connectivity index (χ0v) is 12.7. The fraction of sp³-hybridized carbons (Fsp3) is 0.188. The first-order chi connectivity index (χ1) is 11.3. The predicted molar refractivity (Wildman–Crippen MR) is 82.5 cm³/mol. The van der Waals surface area contributed by atoms with E-state index in [1.54, 1.807) is 13.3 Å². The molecule has 7 heteroatoms. The Morgan fingerprint density at radius 2 is 2.00 bits per heavy atom. The number of nitrogens with one attached hydrogen (secondary N) is 1. The van der Waals surface area contributed by atoms with E-state index in [0.29, 0.717) is 22.8 Å². The van der Waals surface area contributed by atoms with E-state index < -0.39 is 0 Å². The van der Waals surface area contributed by atoms with Crippen LogP contribution in [0.4, 0.5) is 0 Å². The fourth-order valence-corrected chi connectivity index (χ4v) is 2.57. The summed E-state index contributed by atoms with van der Waals surface area (Å²) < 4.78 is 16.1. The number of aryl methyl sites for hydroxylation is 1. The molecule has 0 atom stereocenters. The summed E-state index contributed by atoms with van der Waals surface area (Å²) in [5.74, 6) is 2.19. The third kappa shape index (κ3) is 2.26. The molecule has 1 aliphatic heterocycles. The Labute approximate surface area is 132 Å². The average molecular weight is 310 g/mol. The quantitative estimate of drug-likeness (QED) is 0.800. The molecule has 1 aliphatic rings. The second-order valence-corrected chi connectivity index (χ2v) is 5.13. The molecule has 0 saturated carbocycles. The number of benzene rings is 1. The average Bonchev–Trinajstić information content (AvgIpc) is 3.24. The van der Waals surface area contributed by atoms with Gasteiger partial charge in [0, 0.05) is 5.56 Å². The zero-order chi connectivity index (χ0) is 15.8. The SMILES string of the molecule is COc1ccc(-c2n[nH]nc2-c2cc(C)c3c(c2)OCO3)nc1. The van der Waals surface area contributed by atoms with Crippen molar-refractivity contribution in [1.29, 1.82) is 0 Å². The lowest BCUT2D eigenvalue weighted by molar-refractivity contribution is 0.173. The van der Waals surface area contributed by atoms with Gasteiger partial charge < -0.3 is 14.2 Å². The number of methoxy groups -OCH3 is 1. The van der Waals surface area contributed by atoms with Crippen molar-refractivity contribution in [2.45, 2.75) is 6.92 Å². The summed E-state index contributed by atoms with van der Waals surface area (Å²) >= 11 is 0. The van der Waals surface area contributed by atoms with Crippen molar-refractivity contribution < 1.29 is 14.2 Å². The van der Waals surface area contributed by atoms with Crippen LogP contribution in [-0.2, 0) is 0 Å². The van der Waals surface area contributed by atoms with Crippen LogP contribution in [0.15, 0.2) is 30.5 Å². The van der Waals surface area contributed by atoms with Gasteiger partial charge in [-0.25, -0.2) is 0 Å². The number of aromatic amines is 1. The molecule has 0 amide bonds. The van der Waals surface area contributed by atoms with E-state index in [-0.39, 0.29) is 6.79 Å². The number of H-pyrrole nitrogens is 1. The summed E-state index contributed by atoms with van der Waals surface area (Å²) in [6.07, 6.45) is 1.65. The first kappa shape index (κ1) is 13.6. The van der Waals surface area contributed by atoms with Crippen molar-refractivity contribution >= 4 is 0 Å². The summed E-state index contributed by atoms with van der Waals surface area (Å²) in [6.45, 7) is 2.22. The smallest absolute Gasteiger partial charge is 0.231 e. The van der Waals surface area contributed by atoms with Crippen LogP contribution in [0.3, 0.4) is 0 Å². The molecule has 1 N–H and O–H groups in total. The van der Waals surface area contributed by atoms with Crippen molar-refractivity contribution in [3.05, 3.63) is 36.0 Å². The first-order valence-corrected chi connectivity index (χ1v) is 7.08. The summed E-state index contributed by atoms with van der Waals surface area (Å²) in [5, 5.41) is 11.2. The van der Waals surface area contributed by atoms with Gasteiger partial charge in [0.1, 0.15) is 17.1 Å². The monoisotopic (exact) mass is 310 g/mol. The first-order valence-electron chi connectivity index (χ1n) is 7.08. The Balaban J connectivity index is 1.79. The lowest BCUT2D eigenvalue weighted by Crippen LogP contribution is -1.93. The maximum atomic E-state index is 5.48. The van der Waals surface area contributed by atoms with E-state index >= 15 is 0 Å². The molecule has 1 aromatic carbocycles. The van der Waals surface area contributed by atoms with E-state index in [2.05, 4.69) is 20.4 Å². The van der Waals surface area contributed by atoms with Gasteiger partial charge in [0.15, 0.2) is 11.5 Å². The molecule has 0 fully saturated rings. The minimum atomic E-state index is 0.241. The summed E-state index contributed by atoms with van der Waals surface area (Å²) in [4.78, 5) is 4.37. The Morgan fingerprint density at radius 3 is 2.78 bits per heavy atom. The van der Waals surface area contributed by atoms with Crippen molar-refractivity contribution in [1.82, 2.24) is 20.4 Å². The maximum absolute atomic E-state index is 5.48. The number of hydrogen-bond donors (Lipinski definition) is 1. The van der Waals surface area contributed by atoms with Crippen LogP contribution in [-0.4, -0.2) is 34.3 Å². The normalized spacial score (nSPS) is 12.4. The Kier molecular flexibility index (Phi) is 3.11. The Morgan fingerprint density at radius 1 is 1.13 bits per heavy atom. The van der Waals surface area contributed by atoms with Gasteiger partial charge in [-0.15, -0.1) is 0 Å². The minimum Gasteiger partial charge on any atom is -0.495 e. The molecule has 3 aromatic rings. The topological polar surface area (TPSA) is 82.2 Å². The Bertz CT molecular complexity index is 858. The van der Waals surface area contributed by atoms with Crippen LogP contribution in [0.1, 0.15) is 5.56 Å². The molecule has 0 aliphatic carbocycles. The van der Waals surface area contributed by atoms with Gasteiger partial charge in [-0.2, -0.15) is 15.4 Å². The van der Waals surface area contributed by atoms with E-state index in [4.69, 9.17) is 14.2 Å². The molecule has 0 saturated heterocycles. The van der Waals surface area contributed by atoms with E-state index in [0.717, 1.165) is 22.6 Å². The lowest BCUT2D eigenvalue weighted by Gasteiger charge is -2.06. The van der Waals surface area contributed by atoms with E-state index in [1.165, 1.54) is 0 Å². The number of ether oxygens (including phenoxy) is 3. The summed E-state index contributed by atoms with van der Waals surface area (Å²) in [5.41, 5.74) is 3.99. The molecule has 7 nitrogen and oxygen atoms in total. The summed E-state index contributed by atoms with van der Waals surface area (Å²) in [7, 11) is 1.60. The largest absolute Gasteiger partial charge is 0.495 e. The van der Waals surface area contributed by atoms with Gasteiger partial charge in [0.25, 0.3) is 0 Å². The van der Waals surface area contributed by atoms with Crippen LogP contribution in [0.2, 0.25) is 0 Å². The third-order valence-corrected chi connectivity index (χ3v) is 3.69. The zero-order valence-electron chi connectivity index (χ0n) is 12.7. The predicted octanol–water partition coefficient (Wildman–Crippen LogP) is 2.58. The maximum Gasteiger partial charge on any atom is 0.231 e. The van der Waals surface area contributed by atoms with Crippen LogP contribution in [0.5, 0.6) is 17.2 Å². The molecule has 116 valence electrons. The second-order valence-electron chi connectivity index (χ2n) is 5.13. The van der Waals surface area contributed by atoms with E-state index in [9.17, 15) is 0 Å². The minimum absolute atomic E-state index is 0.241. The number of pyridine rings is 1. The molecule has 4 rings (SSSR count). The van der Waals surface area contributed by atoms with Crippen molar-refractivity contribution in [2.24, 2.45) is 0 Å². The highest BCUT2D eigenvalue weighted by Crippen LogP contribution is 2.40. The highest BCUT2D eigenvalue weighted by molar-refractivity contribution is 5.78. The van der Waals surface area contributed by atoms with E-state index in [1.807, 2.05) is 31.2 Å². The van der Waals surface area contributed by atoms with Crippen LogP contribution in [0, 0.1) is 6.92 Å². The third-order valence-electron chi connectivity index (χ3n) is 3.69. The van der Waals surface area contributed by atoms with Gasteiger partial charge in [-0.3, -0.25) is 4.98 Å². The highest BCUT2D eigenvalue weighted by Gasteiger charge is 2.21. The fourth-order valence-electron chi connectivity index (χ4n) is 2.57. The molecule has 0 radical (unpaired) electrons. The van der Waals surface area contributed by atoms with Crippen LogP contribution < -0.4 is 14.2 Å². The standard InChI is InChI=1S/C16H14N4O3/c1-9-5-10(6-13-16(9)23-8-22-13)14-15(19-20-18-14)12-4-3-11(21-2)7-17-12/h3-7H,8H2,1-2H3,(H,18,19,20). The van der Waals surface area contributed by atoms with Gasteiger partial charge in [0.2, 0.25) is 6.79 Å². The highest BCUT2D eigenvalue weighted by atomic mass is 16.7. The number of nitrogens with zero attached hydrogens (tertiary/aromatic N) is 3. The molecular formula is C16H14N4O3. The van der Waals surface area contributed by atoms with Crippen molar-refractivity contribution in [3.63, 3.8) is 0 Å². The van der Waals surface area contributed by atoms with Gasteiger partial charge >= 0.3 is 0 Å². The number of aromatic nitrogens is 4. The number of rotatable bonds is 3. The van der Waals surface area contributed by atoms with Crippen LogP contribution >= 0.6 is 0 Å². The van der Waals surface area contributed by atoms with Gasteiger partial charge in [-0.05, 0) is 36.8 Å². The van der Waals surface area contributed by atoms with Crippen molar-refractivity contribution in [3.8, 4) is 39.9 Å². The molecule has 0 unspecified atom stereocenters. The van der Waals surface area contributed by atoms with Gasteiger partial charge in [-0.1, -0.05) is 0 Å². The van der Waals surface area contributed by atoms with Gasteiger partial charge in [0.05, 0.1) is 19.0 Å². The lowest BCUT2D eigenvalue weighted by atomic mass is 10.0. The molecule has 3 heterocycles. The number of hydrogen-bond acceptors (Lipinski definition) is 6. The van der Waals surface area contributed by atoms with Crippen molar-refractivity contribution in [2.75, 3.05) is 13.9 Å². The second kappa shape index (κ2) is 5.28. The molecule has 0 bridgehead atoms. The Hall–Kier alpha value is -3.09. The summed E-state index contributed by atoms with van der Waals surface area (Å²) in [6, 6.07) is 7.59. The van der Waals surface area contributed by atoms with Crippen LogP contribution in [0.25, 0.3) is 22.6 Å². The molecule has 2 aromatic heterocycles. The molecule has 23 heavy (non-hydrogen) atoms. The molecular weight excluding hydrogens is 296 g/mol. The molecule has 0 spiro atoms. The number of fused-ring (bicyclic) bond motifs is 1.